The summed E-state index contributed by atoms with van der Waals surface area (Å²) in [6, 6.07) is 10.1. The van der Waals surface area contributed by atoms with Gasteiger partial charge in [0.25, 0.3) is 0 Å². The molecule has 3 rings (SSSR count). The number of fused-ring (bicyclic) bond motifs is 1. The van der Waals surface area contributed by atoms with Crippen LogP contribution >= 0.6 is 0 Å². The molecule has 1 aromatic carbocycles. The van der Waals surface area contributed by atoms with Gasteiger partial charge < -0.3 is 16.4 Å². The lowest BCUT2D eigenvalue weighted by Crippen LogP contribution is -2.37. The first kappa shape index (κ1) is 12.5. The fourth-order valence-electron chi connectivity index (χ4n) is 3.66. The van der Waals surface area contributed by atoms with Crippen molar-refractivity contribution in [1.82, 2.24) is 5.32 Å². The summed E-state index contributed by atoms with van der Waals surface area (Å²) in [5.74, 6) is 1.44. The number of para-hydroxylation sites is 1. The predicted molar refractivity (Wildman–Crippen MR) is 75.8 cm³/mol. The van der Waals surface area contributed by atoms with Gasteiger partial charge in [0.05, 0.1) is 0 Å². The van der Waals surface area contributed by atoms with Crippen molar-refractivity contribution in [2.75, 3.05) is 5.32 Å². The molecule has 0 heterocycles. The lowest BCUT2D eigenvalue weighted by atomic mass is 10.0. The van der Waals surface area contributed by atoms with Gasteiger partial charge in [0, 0.05) is 17.8 Å². The number of hydrogen-bond donors (Lipinski definition) is 3. The highest BCUT2D eigenvalue weighted by molar-refractivity contribution is 5.89. The van der Waals surface area contributed by atoms with E-state index in [0.29, 0.717) is 12.1 Å². The Bertz CT molecular complexity index is 434. The summed E-state index contributed by atoms with van der Waals surface area (Å²) >= 11 is 0. The van der Waals surface area contributed by atoms with Gasteiger partial charge in [-0.15, -0.1) is 0 Å². The highest BCUT2D eigenvalue weighted by Gasteiger charge is 2.40. The Morgan fingerprint density at radius 3 is 2.32 bits per heavy atom. The van der Waals surface area contributed by atoms with Gasteiger partial charge in [0.1, 0.15) is 0 Å². The van der Waals surface area contributed by atoms with Gasteiger partial charge in [0.2, 0.25) is 0 Å². The zero-order valence-corrected chi connectivity index (χ0v) is 11.0. The maximum Gasteiger partial charge on any atom is 0.319 e. The van der Waals surface area contributed by atoms with E-state index >= 15 is 0 Å². The second-order valence-corrected chi connectivity index (χ2v) is 5.88. The van der Waals surface area contributed by atoms with E-state index in [0.717, 1.165) is 43.2 Å². The van der Waals surface area contributed by atoms with E-state index in [4.69, 9.17) is 5.73 Å². The number of nitrogens with one attached hydrogen (secondary N) is 2. The molecular weight excluding hydrogens is 238 g/mol. The largest absolute Gasteiger partial charge is 0.335 e. The Labute approximate surface area is 113 Å². The van der Waals surface area contributed by atoms with Crippen LogP contribution < -0.4 is 16.4 Å². The molecule has 0 bridgehead atoms. The summed E-state index contributed by atoms with van der Waals surface area (Å²) in [6.07, 6.45) is 4.42. The van der Waals surface area contributed by atoms with Gasteiger partial charge in [0.15, 0.2) is 0 Å². The Kier molecular flexibility index (Phi) is 3.42. The summed E-state index contributed by atoms with van der Waals surface area (Å²) in [5, 5.41) is 5.95. The average molecular weight is 259 g/mol. The Morgan fingerprint density at radius 1 is 1.05 bits per heavy atom. The molecule has 2 amide bonds. The van der Waals surface area contributed by atoms with Gasteiger partial charge in [-0.2, -0.15) is 0 Å². The lowest BCUT2D eigenvalue weighted by Gasteiger charge is -2.15. The highest BCUT2D eigenvalue weighted by atomic mass is 16.2. The van der Waals surface area contributed by atoms with Gasteiger partial charge in [-0.1, -0.05) is 18.2 Å². The van der Waals surface area contributed by atoms with E-state index in [1.54, 1.807) is 0 Å². The van der Waals surface area contributed by atoms with E-state index in [1.165, 1.54) is 0 Å². The van der Waals surface area contributed by atoms with Crippen molar-refractivity contribution in [2.45, 2.75) is 37.8 Å². The predicted octanol–water partition coefficient (Wildman–Crippen LogP) is 2.32. The molecule has 2 atom stereocenters. The van der Waals surface area contributed by atoms with Crippen LogP contribution in [-0.4, -0.2) is 18.1 Å². The number of anilines is 1. The maximum absolute atomic E-state index is 11.9. The second kappa shape index (κ2) is 5.21. The van der Waals surface area contributed by atoms with E-state index < -0.39 is 0 Å². The molecular formula is C15H21N3O. The summed E-state index contributed by atoms with van der Waals surface area (Å²) in [5.41, 5.74) is 6.81. The van der Waals surface area contributed by atoms with Crippen LogP contribution in [0.3, 0.4) is 0 Å². The fraction of sp³-hybridized carbons (Fsp3) is 0.533. The lowest BCUT2D eigenvalue weighted by molar-refractivity contribution is 0.248. The second-order valence-electron chi connectivity index (χ2n) is 5.88. The van der Waals surface area contributed by atoms with Gasteiger partial charge in [-0.25, -0.2) is 4.79 Å². The quantitative estimate of drug-likeness (QED) is 0.763. The van der Waals surface area contributed by atoms with Crippen molar-refractivity contribution in [2.24, 2.45) is 17.6 Å². The van der Waals surface area contributed by atoms with Crippen LogP contribution in [0, 0.1) is 11.8 Å². The molecule has 0 radical (unpaired) electrons. The highest BCUT2D eigenvalue weighted by Crippen LogP contribution is 2.43. The monoisotopic (exact) mass is 259 g/mol. The molecule has 1 aromatic rings. The molecule has 2 unspecified atom stereocenters. The summed E-state index contributed by atoms with van der Waals surface area (Å²) in [6.45, 7) is 0. The number of nitrogens with two attached hydrogens (primary N) is 1. The smallest absolute Gasteiger partial charge is 0.319 e. The van der Waals surface area contributed by atoms with Crippen LogP contribution in [0.25, 0.3) is 0 Å². The molecule has 2 fully saturated rings. The van der Waals surface area contributed by atoms with E-state index in [2.05, 4.69) is 10.6 Å². The molecule has 4 N–H and O–H groups in total. The number of carbonyl (C=O) groups is 1. The van der Waals surface area contributed by atoms with Crippen molar-refractivity contribution in [3.63, 3.8) is 0 Å². The Balaban J connectivity index is 1.49. The normalized spacial score (nSPS) is 32.9. The first-order valence-corrected chi connectivity index (χ1v) is 7.09. The fourth-order valence-corrected chi connectivity index (χ4v) is 3.66. The molecule has 19 heavy (non-hydrogen) atoms. The SMILES string of the molecule is NC1CC2CC(NC(=O)Nc3ccccc3)CC2C1. The van der Waals surface area contributed by atoms with Crippen LogP contribution in [0.5, 0.6) is 0 Å². The van der Waals surface area contributed by atoms with Gasteiger partial charge in [-0.05, 0) is 49.7 Å². The van der Waals surface area contributed by atoms with Crippen molar-refractivity contribution in [3.8, 4) is 0 Å². The Hall–Kier alpha value is -1.55. The van der Waals surface area contributed by atoms with E-state index in [-0.39, 0.29) is 6.03 Å². The van der Waals surface area contributed by atoms with Gasteiger partial charge in [-0.3, -0.25) is 0 Å². The molecule has 2 saturated carbocycles. The minimum absolute atomic E-state index is 0.0968. The third kappa shape index (κ3) is 2.89. The van der Waals surface area contributed by atoms with E-state index in [9.17, 15) is 4.79 Å². The minimum atomic E-state index is -0.0968. The Morgan fingerprint density at radius 2 is 1.68 bits per heavy atom. The zero-order valence-electron chi connectivity index (χ0n) is 11.0. The summed E-state index contributed by atoms with van der Waals surface area (Å²) in [4.78, 5) is 11.9. The molecule has 0 aliphatic heterocycles. The molecule has 2 aliphatic carbocycles. The molecule has 4 nitrogen and oxygen atoms in total. The van der Waals surface area contributed by atoms with Crippen molar-refractivity contribution >= 4 is 11.7 Å². The van der Waals surface area contributed by atoms with Crippen LogP contribution in [0.15, 0.2) is 30.3 Å². The minimum Gasteiger partial charge on any atom is -0.335 e. The third-order valence-corrected chi connectivity index (χ3v) is 4.42. The topological polar surface area (TPSA) is 67.1 Å². The van der Waals surface area contributed by atoms with Crippen molar-refractivity contribution in [3.05, 3.63) is 30.3 Å². The van der Waals surface area contributed by atoms with Crippen molar-refractivity contribution < 1.29 is 4.79 Å². The average Bonchev–Trinajstić information content (AvgIpc) is 2.86. The number of amides is 2. The van der Waals surface area contributed by atoms with Crippen LogP contribution in [0.2, 0.25) is 0 Å². The number of rotatable bonds is 2. The van der Waals surface area contributed by atoms with E-state index in [1.807, 2.05) is 30.3 Å². The van der Waals surface area contributed by atoms with Crippen LogP contribution in [0.1, 0.15) is 25.7 Å². The van der Waals surface area contributed by atoms with Gasteiger partial charge >= 0.3 is 6.03 Å². The number of carbonyl (C=O) groups excluding carboxylic acids is 1. The molecule has 102 valence electrons. The van der Waals surface area contributed by atoms with Crippen LogP contribution in [0.4, 0.5) is 10.5 Å². The first-order chi connectivity index (χ1) is 9.20. The zero-order chi connectivity index (χ0) is 13.2. The first-order valence-electron chi connectivity index (χ1n) is 7.09. The third-order valence-electron chi connectivity index (χ3n) is 4.42. The number of benzene rings is 1. The molecule has 4 heteroatoms. The molecule has 2 aliphatic rings. The number of urea groups is 1. The maximum atomic E-state index is 11.9. The molecule has 0 spiro atoms. The standard InChI is InChI=1S/C15H21N3O/c16-12-6-10-8-14(9-11(10)7-12)18-15(19)17-13-4-2-1-3-5-13/h1-5,10-12,14H,6-9,16H2,(H2,17,18,19). The van der Waals surface area contributed by atoms with Crippen molar-refractivity contribution in [1.29, 1.82) is 0 Å². The van der Waals surface area contributed by atoms with Crippen LogP contribution in [-0.2, 0) is 0 Å². The summed E-state index contributed by atoms with van der Waals surface area (Å²) in [7, 11) is 0. The molecule has 0 saturated heterocycles. The number of hydrogen-bond acceptors (Lipinski definition) is 2. The molecule has 0 aromatic heterocycles. The summed E-state index contributed by atoms with van der Waals surface area (Å²) < 4.78 is 0.